The summed E-state index contributed by atoms with van der Waals surface area (Å²) < 4.78 is 10.9. The topological polar surface area (TPSA) is 88.2 Å². The minimum Gasteiger partial charge on any atom is -0.497 e. The SMILES string of the molecule is CCCCCCCCCCCCOC(=O)CCC(=O)N(CCCN1CCCCC1CC)C(CCCCCCCCCCC)C(=O)NCCc1ccc(OC)cc1. The molecule has 1 heterocycles. The summed E-state index contributed by atoms with van der Waals surface area (Å²) >= 11 is 0. The summed E-state index contributed by atoms with van der Waals surface area (Å²) in [6.07, 6.45) is 30.3. The van der Waals surface area contributed by atoms with E-state index in [0.717, 1.165) is 69.3 Å². The second kappa shape index (κ2) is 33.4. The van der Waals surface area contributed by atoms with Gasteiger partial charge in [0.15, 0.2) is 0 Å². The first kappa shape index (κ1) is 49.5. The molecule has 322 valence electrons. The lowest BCUT2D eigenvalue weighted by Gasteiger charge is -2.36. The molecule has 0 aliphatic carbocycles. The van der Waals surface area contributed by atoms with Crippen LogP contribution in [0.15, 0.2) is 24.3 Å². The highest BCUT2D eigenvalue weighted by atomic mass is 16.5. The van der Waals surface area contributed by atoms with Crippen molar-refractivity contribution in [2.45, 2.75) is 213 Å². The van der Waals surface area contributed by atoms with Crippen molar-refractivity contribution in [2.24, 2.45) is 0 Å². The van der Waals surface area contributed by atoms with Crippen LogP contribution in [0.4, 0.5) is 0 Å². The summed E-state index contributed by atoms with van der Waals surface area (Å²) in [4.78, 5) is 45.4. The number of hydrogen-bond acceptors (Lipinski definition) is 6. The number of carbonyl (C=O) groups is 3. The molecule has 56 heavy (non-hydrogen) atoms. The van der Waals surface area contributed by atoms with E-state index in [1.807, 2.05) is 29.2 Å². The molecule has 8 heteroatoms. The molecular weight excluding hydrogens is 699 g/mol. The van der Waals surface area contributed by atoms with Crippen molar-refractivity contribution >= 4 is 17.8 Å². The number of likely N-dealkylation sites (tertiary alicyclic amines) is 1. The summed E-state index contributed by atoms with van der Waals surface area (Å²) in [6.45, 7) is 10.2. The van der Waals surface area contributed by atoms with Crippen LogP contribution < -0.4 is 10.1 Å². The van der Waals surface area contributed by atoms with Crippen LogP contribution in [0, 0.1) is 0 Å². The number of rotatable bonds is 35. The largest absolute Gasteiger partial charge is 0.497 e. The minimum atomic E-state index is -0.547. The highest BCUT2D eigenvalue weighted by molar-refractivity contribution is 5.88. The number of amides is 2. The third-order valence-corrected chi connectivity index (χ3v) is 11.8. The molecule has 0 spiro atoms. The summed E-state index contributed by atoms with van der Waals surface area (Å²) in [5, 5.41) is 3.19. The van der Waals surface area contributed by atoms with E-state index in [1.54, 1.807) is 7.11 Å². The zero-order valence-electron chi connectivity index (χ0n) is 36.7. The predicted molar refractivity (Wildman–Crippen MR) is 233 cm³/mol. The molecule has 2 unspecified atom stereocenters. The van der Waals surface area contributed by atoms with Crippen LogP contribution in [0.3, 0.4) is 0 Å². The Bertz CT molecular complexity index is 1130. The van der Waals surface area contributed by atoms with Gasteiger partial charge in [-0.25, -0.2) is 0 Å². The molecule has 1 aromatic carbocycles. The van der Waals surface area contributed by atoms with E-state index in [4.69, 9.17) is 9.47 Å². The predicted octanol–water partition coefficient (Wildman–Crippen LogP) is 11.4. The van der Waals surface area contributed by atoms with Crippen LogP contribution >= 0.6 is 0 Å². The van der Waals surface area contributed by atoms with Crippen molar-refractivity contribution in [3.05, 3.63) is 29.8 Å². The summed E-state index contributed by atoms with van der Waals surface area (Å²) in [5.41, 5.74) is 1.12. The number of nitrogens with zero attached hydrogens (tertiary/aromatic N) is 2. The molecule has 0 bridgehead atoms. The molecule has 1 aliphatic heterocycles. The van der Waals surface area contributed by atoms with Crippen LogP contribution in [0.5, 0.6) is 5.75 Å². The van der Waals surface area contributed by atoms with E-state index in [2.05, 4.69) is 31.0 Å². The van der Waals surface area contributed by atoms with Gasteiger partial charge in [-0.15, -0.1) is 0 Å². The van der Waals surface area contributed by atoms with Gasteiger partial charge in [0, 0.05) is 32.1 Å². The average molecular weight is 784 g/mol. The third kappa shape index (κ3) is 23.0. The van der Waals surface area contributed by atoms with Crippen LogP contribution in [-0.2, 0) is 25.5 Å². The maximum absolute atomic E-state index is 14.1. The van der Waals surface area contributed by atoms with Gasteiger partial charge in [0.1, 0.15) is 11.8 Å². The summed E-state index contributed by atoms with van der Waals surface area (Å²) in [7, 11) is 1.66. The number of esters is 1. The zero-order valence-corrected chi connectivity index (χ0v) is 36.7. The van der Waals surface area contributed by atoms with Gasteiger partial charge in [-0.2, -0.15) is 0 Å². The molecular formula is C48H85N3O5. The van der Waals surface area contributed by atoms with Crippen molar-refractivity contribution in [3.63, 3.8) is 0 Å². The van der Waals surface area contributed by atoms with Gasteiger partial charge in [0.05, 0.1) is 20.1 Å². The van der Waals surface area contributed by atoms with Gasteiger partial charge < -0.3 is 24.6 Å². The molecule has 1 aromatic rings. The second-order valence-corrected chi connectivity index (χ2v) is 16.5. The fraction of sp³-hybridized carbons (Fsp3) is 0.812. The lowest BCUT2D eigenvalue weighted by Crippen LogP contribution is -2.51. The Morgan fingerprint density at radius 3 is 1.93 bits per heavy atom. The molecule has 1 N–H and O–H groups in total. The number of piperidine rings is 1. The van der Waals surface area contributed by atoms with E-state index in [-0.39, 0.29) is 30.6 Å². The van der Waals surface area contributed by atoms with E-state index in [1.165, 1.54) is 109 Å². The fourth-order valence-electron chi connectivity index (χ4n) is 8.23. The maximum atomic E-state index is 14.1. The number of unbranched alkanes of at least 4 members (excludes halogenated alkanes) is 17. The van der Waals surface area contributed by atoms with E-state index < -0.39 is 6.04 Å². The van der Waals surface area contributed by atoms with Crippen LogP contribution in [0.25, 0.3) is 0 Å². The van der Waals surface area contributed by atoms with Gasteiger partial charge in [-0.05, 0) is 69.2 Å². The number of carbonyl (C=O) groups excluding carboxylic acids is 3. The zero-order chi connectivity index (χ0) is 40.5. The summed E-state index contributed by atoms with van der Waals surface area (Å²) in [6, 6.07) is 7.99. The Hall–Kier alpha value is -2.61. The van der Waals surface area contributed by atoms with Gasteiger partial charge in [-0.1, -0.05) is 155 Å². The van der Waals surface area contributed by atoms with Crippen molar-refractivity contribution in [2.75, 3.05) is 39.9 Å². The maximum Gasteiger partial charge on any atom is 0.306 e. The first-order valence-electron chi connectivity index (χ1n) is 23.5. The molecule has 1 fully saturated rings. The Labute approximate surface area is 344 Å². The van der Waals surface area contributed by atoms with Gasteiger partial charge in [-0.3, -0.25) is 14.4 Å². The van der Waals surface area contributed by atoms with Gasteiger partial charge in [0.25, 0.3) is 0 Å². The molecule has 1 saturated heterocycles. The minimum absolute atomic E-state index is 0.0565. The van der Waals surface area contributed by atoms with Crippen LogP contribution in [-0.4, -0.2) is 79.6 Å². The smallest absolute Gasteiger partial charge is 0.306 e. The second-order valence-electron chi connectivity index (χ2n) is 16.5. The molecule has 8 nitrogen and oxygen atoms in total. The fourth-order valence-corrected chi connectivity index (χ4v) is 8.23. The van der Waals surface area contributed by atoms with Crippen molar-refractivity contribution < 1.29 is 23.9 Å². The number of hydrogen-bond donors (Lipinski definition) is 1. The van der Waals surface area contributed by atoms with Crippen molar-refractivity contribution in [1.29, 1.82) is 0 Å². The van der Waals surface area contributed by atoms with E-state index in [9.17, 15) is 14.4 Å². The average Bonchev–Trinajstić information content (AvgIpc) is 3.22. The molecule has 1 aliphatic rings. The summed E-state index contributed by atoms with van der Waals surface area (Å²) in [5.74, 6) is 0.301. The van der Waals surface area contributed by atoms with Crippen molar-refractivity contribution in [1.82, 2.24) is 15.1 Å². The number of nitrogens with one attached hydrogen (secondary N) is 1. The lowest BCUT2D eigenvalue weighted by atomic mass is 9.99. The monoisotopic (exact) mass is 784 g/mol. The Morgan fingerprint density at radius 1 is 0.750 bits per heavy atom. The lowest BCUT2D eigenvalue weighted by molar-refractivity contribution is -0.147. The van der Waals surface area contributed by atoms with E-state index in [0.29, 0.717) is 38.6 Å². The molecule has 2 rings (SSSR count). The Kier molecular flexibility index (Phi) is 29.5. The first-order valence-corrected chi connectivity index (χ1v) is 23.5. The molecule has 0 radical (unpaired) electrons. The Morgan fingerprint density at radius 2 is 1.34 bits per heavy atom. The van der Waals surface area contributed by atoms with Crippen LogP contribution in [0.2, 0.25) is 0 Å². The molecule has 0 saturated carbocycles. The number of benzene rings is 1. The quantitative estimate of drug-likeness (QED) is 0.0545. The van der Waals surface area contributed by atoms with Gasteiger partial charge >= 0.3 is 5.97 Å². The van der Waals surface area contributed by atoms with E-state index >= 15 is 0 Å². The number of ether oxygens (including phenoxy) is 2. The molecule has 2 atom stereocenters. The standard InChI is InChI=1S/C48H85N3O5/c1-5-8-10-12-14-16-18-20-22-26-41-56-47(53)35-34-46(52)51(40-27-39-50-38-25-24-28-43(50)7-3)45(29-23-21-19-17-15-13-11-9-6-2)48(54)49-37-36-42-30-32-44(55-4)33-31-42/h30-33,43,45H,5-29,34-41H2,1-4H3,(H,49,54). The first-order chi connectivity index (χ1) is 27.4. The van der Waals surface area contributed by atoms with Crippen molar-refractivity contribution in [3.8, 4) is 5.75 Å². The molecule has 2 amide bonds. The normalized spacial score (nSPS) is 15.0. The highest BCUT2D eigenvalue weighted by Crippen LogP contribution is 2.21. The van der Waals surface area contributed by atoms with Crippen LogP contribution in [0.1, 0.15) is 200 Å². The number of methoxy groups -OCH3 is 1. The highest BCUT2D eigenvalue weighted by Gasteiger charge is 2.30. The molecule has 0 aromatic heterocycles. The Balaban J connectivity index is 2.01. The third-order valence-electron chi connectivity index (χ3n) is 11.8. The van der Waals surface area contributed by atoms with Gasteiger partial charge in [0.2, 0.25) is 11.8 Å².